The second kappa shape index (κ2) is 8.83. The highest BCUT2D eigenvalue weighted by Gasteiger charge is 2.39. The van der Waals surface area contributed by atoms with Gasteiger partial charge in [-0.15, -0.1) is 0 Å². The quantitative estimate of drug-likeness (QED) is 0.595. The van der Waals surface area contributed by atoms with Crippen molar-refractivity contribution in [3.63, 3.8) is 0 Å². The van der Waals surface area contributed by atoms with E-state index in [0.29, 0.717) is 32.2 Å². The second-order valence-electron chi connectivity index (χ2n) is 7.42. The molecule has 0 atom stereocenters. The zero-order chi connectivity index (χ0) is 19.3. The van der Waals surface area contributed by atoms with Crippen LogP contribution in [0.2, 0.25) is 5.02 Å². The molecular weight excluding hydrogens is 364 g/mol. The number of nitrogens with one attached hydrogen (secondary N) is 1. The average molecular weight is 393 g/mol. The molecule has 2 aliphatic rings. The highest BCUT2D eigenvalue weighted by atomic mass is 35.5. The molecule has 1 aliphatic carbocycles. The molecule has 148 valence electrons. The normalized spacial score (nSPS) is 20.1. The topological polar surface area (TPSA) is 80.0 Å². The number of piperidine rings is 1. The lowest BCUT2D eigenvalue weighted by Crippen LogP contribution is -2.49. The van der Waals surface area contributed by atoms with Gasteiger partial charge in [-0.2, -0.15) is 0 Å². The average Bonchev–Trinajstić information content (AvgIpc) is 2.63. The van der Waals surface area contributed by atoms with E-state index in [9.17, 15) is 4.79 Å². The minimum Gasteiger partial charge on any atom is -0.450 e. The number of likely N-dealkylation sites (tertiary alicyclic amines) is 1. The van der Waals surface area contributed by atoms with Crippen molar-refractivity contribution in [3.8, 4) is 0 Å². The molecule has 1 aromatic carbocycles. The number of rotatable bonds is 5. The van der Waals surface area contributed by atoms with E-state index in [-0.39, 0.29) is 17.6 Å². The molecule has 1 saturated heterocycles. The Kier molecular flexibility index (Phi) is 6.47. The summed E-state index contributed by atoms with van der Waals surface area (Å²) in [7, 11) is 0. The first-order valence-electron chi connectivity index (χ1n) is 9.77. The highest BCUT2D eigenvalue weighted by molar-refractivity contribution is 6.31. The maximum atomic E-state index is 11.8. The Hall–Kier alpha value is -1.95. The van der Waals surface area contributed by atoms with Crippen LogP contribution in [0.3, 0.4) is 0 Å². The van der Waals surface area contributed by atoms with Gasteiger partial charge in [0.2, 0.25) is 0 Å². The SMILES string of the molecule is CCOC(=O)N1CCC(NC(N)=NCC2(c3ccccc3Cl)CCC2)CC1. The molecule has 1 aliphatic heterocycles. The lowest BCUT2D eigenvalue weighted by Gasteiger charge is -2.42. The summed E-state index contributed by atoms with van der Waals surface area (Å²) >= 11 is 6.42. The van der Waals surface area contributed by atoms with Crippen molar-refractivity contribution in [3.05, 3.63) is 34.9 Å². The first-order valence-corrected chi connectivity index (χ1v) is 10.1. The minimum absolute atomic E-state index is 0.0118. The number of carbonyl (C=O) groups excluding carboxylic acids is 1. The monoisotopic (exact) mass is 392 g/mol. The van der Waals surface area contributed by atoms with Crippen molar-refractivity contribution >= 4 is 23.7 Å². The number of nitrogens with zero attached hydrogens (tertiary/aromatic N) is 2. The Morgan fingerprint density at radius 2 is 2.07 bits per heavy atom. The fraction of sp³-hybridized carbons (Fsp3) is 0.600. The molecule has 0 bridgehead atoms. The maximum Gasteiger partial charge on any atom is 0.409 e. The van der Waals surface area contributed by atoms with Gasteiger partial charge in [0, 0.05) is 29.6 Å². The molecule has 2 fully saturated rings. The van der Waals surface area contributed by atoms with Crippen LogP contribution in [0.25, 0.3) is 0 Å². The van der Waals surface area contributed by atoms with E-state index in [2.05, 4.69) is 16.4 Å². The fourth-order valence-corrected chi connectivity index (χ4v) is 4.26. The minimum atomic E-state index is -0.232. The Balaban J connectivity index is 1.53. The molecule has 1 heterocycles. The van der Waals surface area contributed by atoms with Gasteiger partial charge in [-0.05, 0) is 44.2 Å². The van der Waals surface area contributed by atoms with E-state index >= 15 is 0 Å². The summed E-state index contributed by atoms with van der Waals surface area (Å²) in [6.07, 6.45) is 4.82. The molecular formula is C20H29ClN4O2. The van der Waals surface area contributed by atoms with Gasteiger partial charge in [0.25, 0.3) is 0 Å². The van der Waals surface area contributed by atoms with Crippen LogP contribution in [0.1, 0.15) is 44.6 Å². The molecule has 6 nitrogen and oxygen atoms in total. The summed E-state index contributed by atoms with van der Waals surface area (Å²) in [4.78, 5) is 18.1. The maximum absolute atomic E-state index is 11.8. The van der Waals surface area contributed by atoms with Crippen LogP contribution in [0.15, 0.2) is 29.3 Å². The van der Waals surface area contributed by atoms with E-state index in [4.69, 9.17) is 22.1 Å². The number of carbonyl (C=O) groups is 1. The highest BCUT2D eigenvalue weighted by Crippen LogP contribution is 2.46. The zero-order valence-corrected chi connectivity index (χ0v) is 16.7. The molecule has 7 heteroatoms. The Morgan fingerprint density at radius 3 is 2.67 bits per heavy atom. The molecule has 1 aromatic rings. The van der Waals surface area contributed by atoms with E-state index in [1.807, 2.05) is 25.1 Å². The predicted molar refractivity (Wildman–Crippen MR) is 108 cm³/mol. The number of guanidine groups is 1. The molecule has 0 aromatic heterocycles. The number of aliphatic imine (C=N–C) groups is 1. The van der Waals surface area contributed by atoms with Crippen LogP contribution in [-0.4, -0.2) is 49.2 Å². The van der Waals surface area contributed by atoms with Crippen LogP contribution in [0, 0.1) is 0 Å². The summed E-state index contributed by atoms with van der Waals surface area (Å²) in [5.74, 6) is 0.475. The van der Waals surface area contributed by atoms with Crippen molar-refractivity contribution in [2.75, 3.05) is 26.2 Å². The van der Waals surface area contributed by atoms with Crippen LogP contribution in [0.5, 0.6) is 0 Å². The third-order valence-electron chi connectivity index (χ3n) is 5.68. The van der Waals surface area contributed by atoms with Gasteiger partial charge in [0.1, 0.15) is 0 Å². The number of hydrogen-bond donors (Lipinski definition) is 2. The van der Waals surface area contributed by atoms with Crippen LogP contribution in [0.4, 0.5) is 4.79 Å². The predicted octanol–water partition coefficient (Wildman–Crippen LogP) is 3.29. The number of benzene rings is 1. The molecule has 3 rings (SSSR count). The van der Waals surface area contributed by atoms with Gasteiger partial charge in [-0.3, -0.25) is 4.99 Å². The summed E-state index contributed by atoms with van der Waals surface area (Å²) in [6, 6.07) is 8.27. The van der Waals surface area contributed by atoms with Gasteiger partial charge < -0.3 is 20.7 Å². The first-order chi connectivity index (χ1) is 13.0. The van der Waals surface area contributed by atoms with E-state index in [1.165, 1.54) is 12.0 Å². The zero-order valence-electron chi connectivity index (χ0n) is 15.9. The van der Waals surface area contributed by atoms with Crippen molar-refractivity contribution in [1.29, 1.82) is 0 Å². The number of ether oxygens (including phenoxy) is 1. The Morgan fingerprint density at radius 1 is 1.37 bits per heavy atom. The molecule has 3 N–H and O–H groups in total. The number of nitrogens with two attached hydrogens (primary N) is 1. The van der Waals surface area contributed by atoms with Gasteiger partial charge in [-0.1, -0.05) is 36.2 Å². The van der Waals surface area contributed by atoms with Gasteiger partial charge in [0.15, 0.2) is 5.96 Å². The Labute approximate surface area is 166 Å². The summed E-state index contributed by atoms with van der Waals surface area (Å²) < 4.78 is 5.05. The Bertz CT molecular complexity index is 682. The van der Waals surface area contributed by atoms with Crippen molar-refractivity contribution < 1.29 is 9.53 Å². The molecule has 1 saturated carbocycles. The van der Waals surface area contributed by atoms with Gasteiger partial charge >= 0.3 is 6.09 Å². The number of amides is 1. The molecule has 0 radical (unpaired) electrons. The van der Waals surface area contributed by atoms with Crippen LogP contribution in [-0.2, 0) is 10.2 Å². The van der Waals surface area contributed by atoms with Crippen molar-refractivity contribution in [2.45, 2.75) is 50.5 Å². The standard InChI is InChI=1S/C20H29ClN4O2/c1-2-27-19(26)25-12-8-15(9-13-25)24-18(22)23-14-20(10-5-11-20)16-6-3-4-7-17(16)21/h3-4,6-7,15H,2,5,8-14H2,1H3,(H3,22,23,24). The fourth-order valence-electron chi connectivity index (χ4n) is 3.92. The second-order valence-corrected chi connectivity index (χ2v) is 7.83. The summed E-state index contributed by atoms with van der Waals surface area (Å²) in [5.41, 5.74) is 7.34. The summed E-state index contributed by atoms with van der Waals surface area (Å²) in [5, 5.41) is 4.12. The van der Waals surface area contributed by atoms with Gasteiger partial charge in [0.05, 0.1) is 13.2 Å². The third-order valence-corrected chi connectivity index (χ3v) is 6.01. The molecule has 0 spiro atoms. The van der Waals surface area contributed by atoms with Crippen LogP contribution < -0.4 is 11.1 Å². The largest absolute Gasteiger partial charge is 0.450 e. The third kappa shape index (κ3) is 4.67. The number of hydrogen-bond acceptors (Lipinski definition) is 3. The molecule has 27 heavy (non-hydrogen) atoms. The van der Waals surface area contributed by atoms with E-state index in [0.717, 1.165) is 30.7 Å². The van der Waals surface area contributed by atoms with Gasteiger partial charge in [-0.25, -0.2) is 4.79 Å². The lowest BCUT2D eigenvalue weighted by atomic mass is 9.64. The first kappa shape index (κ1) is 19.8. The van der Waals surface area contributed by atoms with Crippen molar-refractivity contribution in [2.24, 2.45) is 10.7 Å². The molecule has 0 unspecified atom stereocenters. The number of halogens is 1. The lowest BCUT2D eigenvalue weighted by molar-refractivity contribution is 0.0963. The van der Waals surface area contributed by atoms with Crippen LogP contribution >= 0.6 is 11.6 Å². The molecule has 1 amide bonds. The summed E-state index contributed by atoms with van der Waals surface area (Å²) in [6.45, 7) is 4.22. The van der Waals surface area contributed by atoms with Crippen molar-refractivity contribution in [1.82, 2.24) is 10.2 Å². The van der Waals surface area contributed by atoms with E-state index < -0.39 is 0 Å². The van der Waals surface area contributed by atoms with E-state index in [1.54, 1.807) is 4.90 Å². The smallest absolute Gasteiger partial charge is 0.409 e.